The molecule has 1 aliphatic heterocycles. The third-order valence-electron chi connectivity index (χ3n) is 23.1. The van der Waals surface area contributed by atoms with E-state index >= 15 is 4.79 Å². The van der Waals surface area contributed by atoms with Crippen molar-refractivity contribution in [2.24, 2.45) is 40.9 Å². The maximum absolute atomic E-state index is 15.0. The highest BCUT2D eigenvalue weighted by Gasteiger charge is 2.43. The van der Waals surface area contributed by atoms with Crippen molar-refractivity contribution in [2.75, 3.05) is 44.3 Å². The molecule has 18 amide bonds. The van der Waals surface area contributed by atoms with Crippen LogP contribution in [0.15, 0.2) is 85.2 Å². The number of fused-ring (bicyclic) bond motifs is 2. The number of rotatable bonds is 58. The third kappa shape index (κ3) is 37.4. The number of carboxylic acid groups (broad SMARTS) is 1. The molecule has 0 unspecified atom stereocenters. The number of hydrogen-bond acceptors (Lipinski definition) is 26. The summed E-state index contributed by atoms with van der Waals surface area (Å²) in [7, 11) is 0. The number of primary amides is 1. The van der Waals surface area contributed by atoms with Crippen LogP contribution in [0.1, 0.15) is 151 Å². The molecule has 0 spiro atoms. The van der Waals surface area contributed by atoms with Crippen molar-refractivity contribution in [1.29, 1.82) is 5.41 Å². The number of amides is 18. The summed E-state index contributed by atoms with van der Waals surface area (Å²) in [5.41, 5.74) is 19.5. The number of benzene rings is 3. The standard InChI is InChI=1S/C93H138N24O23S2/c1-45(2)32-58(94)79(126)113-69(43-141)86(133)106-61(28-29-72(95)121)81(128)112-68(42-118)85(132)109-63(33-46(3)4)80(127)101-41-74(123)115-75(48(7)8)89(136)116-76(51(11)119)90(137)111-67(35-52-24-26-55(120)27-25-52)91(138)117-31-17-23-71(117)88(135)102-40-73(122)105-65(36-53-38-99-59-20-14-12-18-56(53)59)83(130)110-64(34-47(5)6)82(129)104-49(9)77(124)103-50(10)78(125)108-66(37-54-39-100-60-21-15-13-19-57(54)60)84(131)114-70(44-142)87(134)107-62(92(139)140)22-16-30-98-93(96)97/h12-15,18-21,24-27,38-39,45-51,58,61-71,75-76,99-100,118-120,141-142H,16-17,22-23,28-37,40-44,94H2,1-11H3,(H2,95,121)(H,101,127)(H,102,135)(H,103,124)(H,104,129)(H,105,122)(H,106,133)(H,107,134)(H,108,125)(H,109,132)(H,110,130)(H,111,137)(H,112,128)(H,113,126)(H,114,131)(H,115,123)(H,116,136)(H,139,140)(H4,96,97,98)/t49-,50-,51+,58-,61-,62-,63-,64-,65-,66-,67-,68-,69-,70-,71-,75-,76-/m0/s1. The molecule has 47 nitrogen and oxygen atoms in total. The summed E-state index contributed by atoms with van der Waals surface area (Å²) >= 11 is 8.40. The molecule has 780 valence electrons. The van der Waals surface area contributed by atoms with E-state index in [4.69, 9.17) is 22.6 Å². The minimum atomic E-state index is -1.86. The fourth-order valence-electron chi connectivity index (χ4n) is 15.5. The number of nitrogens with zero attached hydrogens (tertiary/aromatic N) is 1. The zero-order chi connectivity index (χ0) is 106. The number of likely N-dealkylation sites (tertiary alicyclic amines) is 1. The van der Waals surface area contributed by atoms with E-state index < -0.39 is 254 Å². The third-order valence-corrected chi connectivity index (χ3v) is 23.8. The fraction of sp³-hybridized carbons (Fsp3) is 0.548. The van der Waals surface area contributed by atoms with Crippen molar-refractivity contribution in [3.8, 4) is 5.75 Å². The molecular weight excluding hydrogens is 1890 g/mol. The van der Waals surface area contributed by atoms with Gasteiger partial charge >= 0.3 is 5.97 Å². The average molecular weight is 2020 g/mol. The van der Waals surface area contributed by atoms with Crippen LogP contribution in [0.2, 0.25) is 0 Å². The van der Waals surface area contributed by atoms with Crippen LogP contribution in [0.4, 0.5) is 0 Å². The smallest absolute Gasteiger partial charge is 0.326 e. The number of aromatic nitrogens is 2. The van der Waals surface area contributed by atoms with E-state index in [0.717, 1.165) is 6.92 Å². The van der Waals surface area contributed by atoms with E-state index in [9.17, 15) is 107 Å². The van der Waals surface area contributed by atoms with E-state index in [1.54, 1.807) is 88.6 Å². The first-order chi connectivity index (χ1) is 67.0. The average Bonchev–Trinajstić information content (AvgIpc) is 1.77. The molecular formula is C93H138N24O23S2. The van der Waals surface area contributed by atoms with Gasteiger partial charge in [0.15, 0.2) is 5.96 Å². The molecule has 5 aromatic rings. The Kier molecular flexibility index (Phi) is 47.2. The summed E-state index contributed by atoms with van der Waals surface area (Å²) in [6, 6.07) is -3.57. The number of phenols is 1. The predicted octanol–water partition coefficient (Wildman–Crippen LogP) is -4.60. The van der Waals surface area contributed by atoms with E-state index in [0.29, 0.717) is 38.5 Å². The number of carboxylic acids is 1. The van der Waals surface area contributed by atoms with Crippen molar-refractivity contribution in [3.63, 3.8) is 0 Å². The second kappa shape index (κ2) is 57.3. The molecule has 6 rings (SSSR count). The zero-order valence-corrected chi connectivity index (χ0v) is 83.1. The molecule has 0 aliphatic carbocycles. The lowest BCUT2D eigenvalue weighted by Crippen LogP contribution is -2.62. The van der Waals surface area contributed by atoms with Crippen LogP contribution in [-0.4, -0.2) is 301 Å². The van der Waals surface area contributed by atoms with Gasteiger partial charge in [-0.2, -0.15) is 25.3 Å². The summed E-state index contributed by atoms with van der Waals surface area (Å²) < 4.78 is 0. The SMILES string of the molecule is CC(C)C[C@H](NC(=O)[C@H](CO)NC(=O)[C@H](CCC(N)=O)NC(=O)[C@H](CS)NC(=O)[C@@H](N)CC(C)C)C(=O)NCC(=O)N[C@H](C(=O)N[C@H](C(=O)N[C@@H](Cc1ccc(O)cc1)C(=O)N1CCC[C@H]1C(=O)NCC(=O)N[C@@H](Cc1c[nH]c2ccccc12)C(=O)N[C@@H](CC(C)C)C(=O)N[C@@H](C)C(=O)N[C@@H](C)C(=O)N[C@@H](Cc1c[nH]c2ccccc12)C(=O)N[C@@H](CS)C(=O)N[C@@H](CCCNC(=N)N)C(=O)O)[C@@H](C)O)C(C)C. The van der Waals surface area contributed by atoms with Gasteiger partial charge < -0.3 is 143 Å². The lowest BCUT2D eigenvalue weighted by molar-refractivity contribution is -0.142. The van der Waals surface area contributed by atoms with Crippen LogP contribution in [0, 0.1) is 29.1 Å². The number of carbonyl (C=O) groups is 19. The first-order valence-corrected chi connectivity index (χ1v) is 48.1. The van der Waals surface area contributed by atoms with Crippen LogP contribution in [-0.2, 0) is 110 Å². The van der Waals surface area contributed by atoms with Crippen LogP contribution in [0.3, 0.4) is 0 Å². The van der Waals surface area contributed by atoms with Crippen LogP contribution >= 0.6 is 25.3 Å². The first-order valence-electron chi connectivity index (χ1n) is 46.9. The number of carbonyl (C=O) groups excluding carboxylic acids is 18. The summed E-state index contributed by atoms with van der Waals surface area (Å²) in [5.74, 6) is -20.4. The van der Waals surface area contributed by atoms with Crippen LogP contribution in [0.25, 0.3) is 21.8 Å². The van der Waals surface area contributed by atoms with Gasteiger partial charge in [0.05, 0.1) is 31.8 Å². The number of nitrogens with one attached hydrogen (secondary N) is 20. The maximum atomic E-state index is 15.0. The van der Waals surface area contributed by atoms with Gasteiger partial charge in [0.1, 0.15) is 96.4 Å². The molecule has 1 aliphatic rings. The number of H-pyrrole nitrogens is 2. The molecule has 1 fully saturated rings. The molecule has 3 aromatic carbocycles. The minimum Gasteiger partial charge on any atom is -0.508 e. The normalized spacial score (nSPS) is 15.8. The Labute approximate surface area is 832 Å². The van der Waals surface area contributed by atoms with Gasteiger partial charge in [-0.3, -0.25) is 91.7 Å². The second-order valence-corrected chi connectivity index (χ2v) is 37.4. The number of aliphatic carboxylic acids is 1. The molecule has 30 N–H and O–H groups in total. The summed E-state index contributed by atoms with van der Waals surface area (Å²) in [5, 5.41) is 93.1. The summed E-state index contributed by atoms with van der Waals surface area (Å²) in [6.45, 7) is 14.8. The Morgan fingerprint density at radius 3 is 1.41 bits per heavy atom. The van der Waals surface area contributed by atoms with Gasteiger partial charge in [-0.15, -0.1) is 0 Å². The Morgan fingerprint density at radius 2 is 0.894 bits per heavy atom. The number of guanidine groups is 1. The molecule has 1 saturated heterocycles. The van der Waals surface area contributed by atoms with E-state index in [2.05, 4.69) is 126 Å². The highest BCUT2D eigenvalue weighted by Crippen LogP contribution is 2.25. The second-order valence-electron chi connectivity index (χ2n) is 36.6. The van der Waals surface area contributed by atoms with Crippen molar-refractivity contribution < 1.29 is 112 Å². The monoisotopic (exact) mass is 2020 g/mol. The Hall–Kier alpha value is -13.7. The molecule has 2 aromatic heterocycles. The number of thiol groups is 2. The molecule has 0 radical (unpaired) electrons. The van der Waals surface area contributed by atoms with Gasteiger partial charge in [-0.1, -0.05) is 104 Å². The number of aromatic hydroxyl groups is 1. The van der Waals surface area contributed by atoms with Gasteiger partial charge in [-0.05, 0) is 137 Å². The van der Waals surface area contributed by atoms with Crippen LogP contribution in [0.5, 0.6) is 5.75 Å². The predicted molar refractivity (Wildman–Crippen MR) is 528 cm³/mol. The van der Waals surface area contributed by atoms with Gasteiger partial charge in [0, 0.05) is 84.5 Å². The molecule has 0 bridgehead atoms. The zero-order valence-electron chi connectivity index (χ0n) is 81.3. The lowest BCUT2D eigenvalue weighted by atomic mass is 10.0. The number of aliphatic hydroxyl groups is 2. The van der Waals surface area contributed by atoms with Crippen molar-refractivity contribution in [3.05, 3.63) is 102 Å². The van der Waals surface area contributed by atoms with Crippen molar-refractivity contribution in [2.45, 2.75) is 256 Å². The molecule has 49 heteroatoms. The number of hydrogen-bond donors (Lipinski definition) is 29. The van der Waals surface area contributed by atoms with Crippen molar-refractivity contribution >= 4 is 165 Å². The Bertz CT molecular complexity index is 5250. The van der Waals surface area contributed by atoms with Crippen molar-refractivity contribution in [1.82, 2.24) is 105 Å². The number of para-hydroxylation sites is 2. The number of phenolic OH excluding ortho intramolecular Hbond substituents is 1. The highest BCUT2D eigenvalue weighted by atomic mass is 32.1. The minimum absolute atomic E-state index is 0.0243. The largest absolute Gasteiger partial charge is 0.508 e. The Morgan fingerprint density at radius 1 is 0.458 bits per heavy atom. The quantitative estimate of drug-likeness (QED) is 0.00754. The fourth-order valence-corrected chi connectivity index (χ4v) is 16.0. The summed E-state index contributed by atoms with van der Waals surface area (Å²) in [4.78, 5) is 271. The van der Waals surface area contributed by atoms with Gasteiger partial charge in [-0.25, -0.2) is 4.79 Å². The topological polar surface area (TPSA) is 746 Å². The lowest BCUT2D eigenvalue weighted by Gasteiger charge is -2.31. The van der Waals surface area contributed by atoms with Gasteiger partial charge in [0.25, 0.3) is 0 Å². The number of nitrogens with two attached hydrogens (primary N) is 3. The maximum Gasteiger partial charge on any atom is 0.326 e. The van der Waals surface area contributed by atoms with E-state index in [-0.39, 0.29) is 118 Å². The number of aromatic amines is 2. The molecule has 17 atom stereocenters. The van der Waals surface area contributed by atoms with E-state index in [1.807, 2.05) is 13.8 Å². The molecule has 142 heavy (non-hydrogen) atoms. The highest BCUT2D eigenvalue weighted by molar-refractivity contribution is 7.80. The van der Waals surface area contributed by atoms with E-state index in [1.165, 1.54) is 56.9 Å². The molecule has 3 heterocycles. The molecule has 0 saturated carbocycles. The summed E-state index contributed by atoms with van der Waals surface area (Å²) in [6.07, 6.45) is 0.576. The first kappa shape index (κ1) is 117. The number of aliphatic hydroxyl groups excluding tert-OH is 2. The van der Waals surface area contributed by atoms with Gasteiger partial charge in [0.2, 0.25) is 106 Å². The van der Waals surface area contributed by atoms with Crippen LogP contribution < -0.4 is 108 Å². The Balaban J connectivity index is 1.11.